The highest BCUT2D eigenvalue weighted by atomic mass is 16.5. The second-order valence-corrected chi connectivity index (χ2v) is 10.1. The van der Waals surface area contributed by atoms with Crippen LogP contribution in [-0.4, -0.2) is 44.0 Å². The van der Waals surface area contributed by atoms with Gasteiger partial charge in [-0.1, -0.05) is 12.1 Å². The quantitative estimate of drug-likeness (QED) is 0.448. The fourth-order valence-corrected chi connectivity index (χ4v) is 6.49. The molecule has 2 atom stereocenters. The molecule has 0 amide bonds. The summed E-state index contributed by atoms with van der Waals surface area (Å²) < 4.78 is 5.42. The molecule has 2 unspecified atom stereocenters. The predicted octanol–water partition coefficient (Wildman–Crippen LogP) is 4.28. The number of aromatic amines is 1. The number of ether oxygens (including phenoxy) is 1. The SMILES string of the molecule is COc1cccc(-c2cc(Nc3cc(C)[nH]n3)nc(NC3C4CC5CC3CC(O)(C5)C4)n2)c1. The van der Waals surface area contributed by atoms with Gasteiger partial charge in [-0.15, -0.1) is 0 Å². The number of anilines is 3. The smallest absolute Gasteiger partial charge is 0.225 e. The molecule has 4 fully saturated rings. The van der Waals surface area contributed by atoms with Crippen molar-refractivity contribution in [3.05, 3.63) is 42.1 Å². The zero-order valence-corrected chi connectivity index (χ0v) is 19.0. The average molecular weight is 447 g/mol. The van der Waals surface area contributed by atoms with Crippen LogP contribution in [0, 0.1) is 24.7 Å². The van der Waals surface area contributed by atoms with Gasteiger partial charge in [-0.05, 0) is 68.9 Å². The molecule has 4 saturated carbocycles. The van der Waals surface area contributed by atoms with Crippen LogP contribution in [0.4, 0.5) is 17.6 Å². The summed E-state index contributed by atoms with van der Waals surface area (Å²) >= 11 is 0. The number of methoxy groups -OCH3 is 1. The summed E-state index contributed by atoms with van der Waals surface area (Å²) in [5, 5.41) is 25.2. The molecule has 3 aromatic rings. The van der Waals surface area contributed by atoms with Crippen molar-refractivity contribution in [3.8, 4) is 17.0 Å². The molecule has 2 heterocycles. The van der Waals surface area contributed by atoms with E-state index in [-0.39, 0.29) is 0 Å². The van der Waals surface area contributed by atoms with Crippen molar-refractivity contribution < 1.29 is 9.84 Å². The summed E-state index contributed by atoms with van der Waals surface area (Å²) in [7, 11) is 1.67. The zero-order valence-electron chi connectivity index (χ0n) is 19.0. The summed E-state index contributed by atoms with van der Waals surface area (Å²) in [5.41, 5.74) is 2.29. The van der Waals surface area contributed by atoms with E-state index in [1.165, 1.54) is 12.8 Å². The Morgan fingerprint density at radius 1 is 1.06 bits per heavy atom. The fraction of sp³-hybridized carbons (Fsp3) is 0.480. The summed E-state index contributed by atoms with van der Waals surface area (Å²) in [6.45, 7) is 1.97. The van der Waals surface area contributed by atoms with Crippen molar-refractivity contribution in [2.45, 2.75) is 50.7 Å². The molecule has 0 saturated heterocycles. The lowest BCUT2D eigenvalue weighted by molar-refractivity contribution is -0.129. The molecule has 0 aliphatic heterocycles. The number of benzene rings is 1. The van der Waals surface area contributed by atoms with E-state index in [4.69, 9.17) is 14.7 Å². The van der Waals surface area contributed by atoms with Crippen LogP contribution >= 0.6 is 0 Å². The lowest BCUT2D eigenvalue weighted by Crippen LogP contribution is -2.59. The first kappa shape index (κ1) is 20.5. The predicted molar refractivity (Wildman–Crippen MR) is 127 cm³/mol. The van der Waals surface area contributed by atoms with Crippen LogP contribution in [0.2, 0.25) is 0 Å². The minimum atomic E-state index is -0.456. The van der Waals surface area contributed by atoms with Crippen LogP contribution in [0.15, 0.2) is 36.4 Å². The number of H-pyrrole nitrogens is 1. The molecule has 172 valence electrons. The second-order valence-electron chi connectivity index (χ2n) is 10.1. The Hall–Kier alpha value is -3.13. The third-order valence-electron chi connectivity index (χ3n) is 7.59. The summed E-state index contributed by atoms with van der Waals surface area (Å²) in [6, 6.07) is 12.1. The van der Waals surface area contributed by atoms with Crippen LogP contribution in [0.3, 0.4) is 0 Å². The standard InChI is InChI=1S/C25H30N6O2/c1-14-6-22(31-30-14)27-21-10-20(16-4-3-5-19(9-16)33-2)26-24(28-21)29-23-17-7-15-8-18(23)13-25(32,11-15)12-17/h3-6,9-10,15,17-18,23,32H,7-8,11-13H2,1-2H3,(H3,26,27,28,29,30,31). The molecule has 4 bridgehead atoms. The number of rotatable bonds is 6. The molecule has 7 rings (SSSR count). The molecular formula is C25H30N6O2. The topological polar surface area (TPSA) is 108 Å². The van der Waals surface area contributed by atoms with Crippen molar-refractivity contribution in [2.24, 2.45) is 17.8 Å². The van der Waals surface area contributed by atoms with Crippen LogP contribution < -0.4 is 15.4 Å². The lowest BCUT2D eigenvalue weighted by atomic mass is 9.52. The van der Waals surface area contributed by atoms with Crippen molar-refractivity contribution in [1.29, 1.82) is 0 Å². The minimum Gasteiger partial charge on any atom is -0.497 e. The van der Waals surface area contributed by atoms with Gasteiger partial charge in [0.2, 0.25) is 5.95 Å². The average Bonchev–Trinajstić information content (AvgIpc) is 3.19. The van der Waals surface area contributed by atoms with E-state index < -0.39 is 5.60 Å². The third kappa shape index (κ3) is 3.93. The minimum absolute atomic E-state index is 0.294. The highest BCUT2D eigenvalue weighted by molar-refractivity contribution is 5.67. The summed E-state index contributed by atoms with van der Waals surface area (Å²) in [4.78, 5) is 9.68. The molecule has 33 heavy (non-hydrogen) atoms. The number of hydrogen-bond donors (Lipinski definition) is 4. The molecule has 4 aliphatic rings. The van der Waals surface area contributed by atoms with Gasteiger partial charge in [0.25, 0.3) is 0 Å². The molecule has 8 heteroatoms. The number of hydrogen-bond acceptors (Lipinski definition) is 7. The number of nitrogens with zero attached hydrogens (tertiary/aromatic N) is 3. The van der Waals surface area contributed by atoms with Gasteiger partial charge < -0.3 is 20.5 Å². The van der Waals surface area contributed by atoms with Gasteiger partial charge in [-0.3, -0.25) is 5.10 Å². The molecule has 0 spiro atoms. The largest absolute Gasteiger partial charge is 0.497 e. The molecule has 4 aliphatic carbocycles. The van der Waals surface area contributed by atoms with Crippen LogP contribution in [0.1, 0.15) is 37.8 Å². The first-order chi connectivity index (χ1) is 16.0. The van der Waals surface area contributed by atoms with E-state index in [9.17, 15) is 5.11 Å². The third-order valence-corrected chi connectivity index (χ3v) is 7.59. The fourth-order valence-electron chi connectivity index (χ4n) is 6.49. The molecule has 2 aromatic heterocycles. The highest BCUT2D eigenvalue weighted by Crippen LogP contribution is 2.56. The van der Waals surface area contributed by atoms with Crippen molar-refractivity contribution in [3.63, 3.8) is 0 Å². The molecule has 1 aromatic carbocycles. The monoisotopic (exact) mass is 446 g/mol. The Bertz CT molecular complexity index is 1160. The molecular weight excluding hydrogens is 416 g/mol. The van der Waals surface area contributed by atoms with E-state index in [0.29, 0.717) is 41.4 Å². The van der Waals surface area contributed by atoms with Gasteiger partial charge >= 0.3 is 0 Å². The zero-order chi connectivity index (χ0) is 22.6. The normalized spacial score (nSPS) is 29.8. The van der Waals surface area contributed by atoms with Crippen LogP contribution in [0.25, 0.3) is 11.3 Å². The second kappa shape index (κ2) is 7.73. The van der Waals surface area contributed by atoms with E-state index in [1.54, 1.807) is 7.11 Å². The maximum absolute atomic E-state index is 10.9. The molecule has 0 radical (unpaired) electrons. The Morgan fingerprint density at radius 3 is 2.58 bits per heavy atom. The summed E-state index contributed by atoms with van der Waals surface area (Å²) in [5.74, 6) is 4.38. The van der Waals surface area contributed by atoms with E-state index in [1.807, 2.05) is 43.3 Å². The van der Waals surface area contributed by atoms with Crippen LogP contribution in [-0.2, 0) is 0 Å². The maximum Gasteiger partial charge on any atom is 0.225 e. The van der Waals surface area contributed by atoms with Crippen molar-refractivity contribution in [1.82, 2.24) is 20.2 Å². The first-order valence-corrected chi connectivity index (χ1v) is 11.8. The Morgan fingerprint density at radius 2 is 1.88 bits per heavy atom. The number of aliphatic hydroxyl groups is 1. The van der Waals surface area contributed by atoms with Gasteiger partial charge in [0, 0.05) is 29.4 Å². The number of aromatic nitrogens is 4. The van der Waals surface area contributed by atoms with Crippen molar-refractivity contribution >= 4 is 17.6 Å². The Balaban J connectivity index is 1.33. The molecule has 4 N–H and O–H groups in total. The first-order valence-electron chi connectivity index (χ1n) is 11.8. The lowest BCUT2D eigenvalue weighted by Gasteiger charge is -2.58. The van der Waals surface area contributed by atoms with E-state index in [0.717, 1.165) is 42.0 Å². The highest BCUT2D eigenvalue weighted by Gasteiger charge is 2.54. The summed E-state index contributed by atoms with van der Waals surface area (Å²) in [6.07, 6.45) is 5.11. The number of aryl methyl sites for hydroxylation is 1. The Kier molecular flexibility index (Phi) is 4.79. The van der Waals surface area contributed by atoms with Crippen LogP contribution in [0.5, 0.6) is 5.75 Å². The Labute approximate surface area is 193 Å². The van der Waals surface area contributed by atoms with Gasteiger partial charge in [0.15, 0.2) is 5.82 Å². The van der Waals surface area contributed by atoms with Gasteiger partial charge in [0.1, 0.15) is 11.6 Å². The number of nitrogens with one attached hydrogen (secondary N) is 3. The van der Waals surface area contributed by atoms with Gasteiger partial charge in [-0.25, -0.2) is 4.98 Å². The van der Waals surface area contributed by atoms with Gasteiger partial charge in [-0.2, -0.15) is 10.1 Å². The van der Waals surface area contributed by atoms with E-state index in [2.05, 4.69) is 20.8 Å². The molecule has 8 nitrogen and oxygen atoms in total. The van der Waals surface area contributed by atoms with Crippen molar-refractivity contribution in [2.75, 3.05) is 17.7 Å². The van der Waals surface area contributed by atoms with Gasteiger partial charge in [0.05, 0.1) is 18.4 Å². The van der Waals surface area contributed by atoms with E-state index >= 15 is 0 Å². The maximum atomic E-state index is 10.9.